The molecule has 6 heteroatoms. The zero-order valence-corrected chi connectivity index (χ0v) is 16.5. The number of carbonyl (C=O) groups is 1. The number of rotatable bonds is 6. The molecule has 2 aromatic rings. The van der Waals surface area contributed by atoms with Gasteiger partial charge in [-0.15, -0.1) is 0 Å². The number of nitriles is 1. The van der Waals surface area contributed by atoms with Gasteiger partial charge in [-0.05, 0) is 70.9 Å². The van der Waals surface area contributed by atoms with Gasteiger partial charge in [0.15, 0.2) is 0 Å². The molecule has 0 unspecified atom stereocenters. The van der Waals surface area contributed by atoms with Crippen molar-refractivity contribution < 1.29 is 9.53 Å². The lowest BCUT2D eigenvalue weighted by atomic mass is 10.1. The molecule has 0 aliphatic heterocycles. The maximum absolute atomic E-state index is 12.4. The second kappa shape index (κ2) is 9.07. The van der Waals surface area contributed by atoms with Gasteiger partial charge in [-0.3, -0.25) is 4.79 Å². The first-order chi connectivity index (χ1) is 12.4. The van der Waals surface area contributed by atoms with Gasteiger partial charge in [-0.25, -0.2) is 0 Å². The Kier molecular flexibility index (Phi) is 6.81. The number of halogens is 1. The Hall–Kier alpha value is -2.78. The van der Waals surface area contributed by atoms with Gasteiger partial charge in [0.05, 0.1) is 11.1 Å². The smallest absolute Gasteiger partial charge is 0.266 e. The number of nitrogens with zero attached hydrogens (tertiary/aromatic N) is 2. The molecule has 0 aliphatic carbocycles. The van der Waals surface area contributed by atoms with Gasteiger partial charge in [-0.2, -0.15) is 5.26 Å². The Morgan fingerprint density at radius 1 is 1.27 bits per heavy atom. The van der Waals surface area contributed by atoms with E-state index in [9.17, 15) is 10.1 Å². The molecule has 1 N–H and O–H groups in total. The van der Waals surface area contributed by atoms with Crippen LogP contribution in [0.25, 0.3) is 6.08 Å². The van der Waals surface area contributed by atoms with Crippen molar-refractivity contribution in [3.8, 4) is 11.8 Å². The highest BCUT2D eigenvalue weighted by molar-refractivity contribution is 9.10. The second-order valence-corrected chi connectivity index (χ2v) is 6.54. The number of nitrogens with one attached hydrogen (secondary N) is 1. The Morgan fingerprint density at radius 3 is 2.50 bits per heavy atom. The van der Waals surface area contributed by atoms with Crippen molar-refractivity contribution in [1.29, 1.82) is 5.26 Å². The zero-order chi connectivity index (χ0) is 19.1. The molecule has 0 spiro atoms. The zero-order valence-electron chi connectivity index (χ0n) is 14.9. The molecular weight excluding hydrogens is 394 g/mol. The van der Waals surface area contributed by atoms with Gasteiger partial charge < -0.3 is 15.0 Å². The molecule has 134 valence electrons. The van der Waals surface area contributed by atoms with Gasteiger partial charge in [0, 0.05) is 25.5 Å². The van der Waals surface area contributed by atoms with Crippen molar-refractivity contribution in [3.63, 3.8) is 0 Å². The minimum atomic E-state index is -0.449. The third kappa shape index (κ3) is 5.11. The van der Waals surface area contributed by atoms with Crippen LogP contribution in [0.2, 0.25) is 0 Å². The summed E-state index contributed by atoms with van der Waals surface area (Å²) in [7, 11) is 3.89. The molecule has 0 aromatic heterocycles. The predicted molar refractivity (Wildman–Crippen MR) is 108 cm³/mol. The average Bonchev–Trinajstić information content (AvgIpc) is 2.62. The van der Waals surface area contributed by atoms with Crippen molar-refractivity contribution in [1.82, 2.24) is 0 Å². The first-order valence-electron chi connectivity index (χ1n) is 8.07. The minimum Gasteiger partial charge on any atom is -0.493 e. The third-order valence-corrected chi connectivity index (χ3v) is 4.19. The number of hydrogen-bond donors (Lipinski definition) is 1. The van der Waals surface area contributed by atoms with Crippen LogP contribution in [0.15, 0.2) is 52.5 Å². The lowest BCUT2D eigenvalue weighted by Gasteiger charge is -2.13. The molecule has 0 aliphatic rings. The Labute approximate surface area is 162 Å². The summed E-state index contributed by atoms with van der Waals surface area (Å²) in [5.41, 5.74) is 2.42. The van der Waals surface area contributed by atoms with Crippen LogP contribution in [-0.4, -0.2) is 26.6 Å². The van der Waals surface area contributed by atoms with E-state index in [1.165, 1.54) is 0 Å². The molecule has 26 heavy (non-hydrogen) atoms. The standard InChI is InChI=1S/C20H20BrN3O2/c1-4-26-19-10-5-14(12-18(19)21)11-15(13-22)20(25)23-16-6-8-17(9-7-16)24(2)3/h5-12H,4H2,1-3H3,(H,23,25)/b15-11-. The average molecular weight is 414 g/mol. The highest BCUT2D eigenvalue weighted by Crippen LogP contribution is 2.27. The van der Waals surface area contributed by atoms with E-state index in [1.54, 1.807) is 30.3 Å². The van der Waals surface area contributed by atoms with E-state index in [1.807, 2.05) is 50.2 Å². The molecular formula is C20H20BrN3O2. The molecule has 0 saturated heterocycles. The van der Waals surface area contributed by atoms with Crippen molar-refractivity contribution >= 4 is 39.3 Å². The lowest BCUT2D eigenvalue weighted by Crippen LogP contribution is -2.14. The normalized spacial score (nSPS) is 10.8. The molecule has 0 bridgehead atoms. The van der Waals surface area contributed by atoms with E-state index < -0.39 is 5.91 Å². The van der Waals surface area contributed by atoms with Crippen LogP contribution in [0.3, 0.4) is 0 Å². The van der Waals surface area contributed by atoms with E-state index in [2.05, 4.69) is 21.2 Å². The fraction of sp³-hybridized carbons (Fsp3) is 0.200. The summed E-state index contributed by atoms with van der Waals surface area (Å²) < 4.78 is 6.23. The van der Waals surface area contributed by atoms with Crippen LogP contribution >= 0.6 is 15.9 Å². The number of anilines is 2. The quantitative estimate of drug-likeness (QED) is 0.560. The Morgan fingerprint density at radius 2 is 1.96 bits per heavy atom. The Balaban J connectivity index is 2.16. The molecule has 0 radical (unpaired) electrons. The molecule has 0 fully saturated rings. The SMILES string of the molecule is CCOc1ccc(/C=C(/C#N)C(=O)Nc2ccc(N(C)C)cc2)cc1Br. The van der Waals surface area contributed by atoms with E-state index in [0.29, 0.717) is 18.0 Å². The van der Waals surface area contributed by atoms with Crippen molar-refractivity contribution in [3.05, 3.63) is 58.1 Å². The van der Waals surface area contributed by atoms with Crippen molar-refractivity contribution in [2.45, 2.75) is 6.92 Å². The first-order valence-corrected chi connectivity index (χ1v) is 8.86. The van der Waals surface area contributed by atoms with Crippen LogP contribution in [0.5, 0.6) is 5.75 Å². The number of amides is 1. The van der Waals surface area contributed by atoms with Crippen LogP contribution in [0.1, 0.15) is 12.5 Å². The lowest BCUT2D eigenvalue weighted by molar-refractivity contribution is -0.112. The first kappa shape index (κ1) is 19.5. The van der Waals surface area contributed by atoms with Gasteiger partial charge in [0.25, 0.3) is 5.91 Å². The number of hydrogen-bond acceptors (Lipinski definition) is 4. The number of ether oxygens (including phenoxy) is 1. The van der Waals surface area contributed by atoms with Crippen LogP contribution < -0.4 is 15.0 Å². The molecule has 0 heterocycles. The van der Waals surface area contributed by atoms with Crippen LogP contribution in [0.4, 0.5) is 11.4 Å². The summed E-state index contributed by atoms with van der Waals surface area (Å²) in [6, 6.07) is 14.8. The minimum absolute atomic E-state index is 0.0257. The van der Waals surface area contributed by atoms with Crippen molar-refractivity contribution in [2.24, 2.45) is 0 Å². The largest absolute Gasteiger partial charge is 0.493 e. The summed E-state index contributed by atoms with van der Waals surface area (Å²) in [6.07, 6.45) is 1.55. The fourth-order valence-electron chi connectivity index (χ4n) is 2.24. The summed E-state index contributed by atoms with van der Waals surface area (Å²) in [6.45, 7) is 2.47. The number of carbonyl (C=O) groups excluding carboxylic acids is 1. The molecule has 2 rings (SSSR count). The summed E-state index contributed by atoms with van der Waals surface area (Å²) in [4.78, 5) is 14.3. The monoisotopic (exact) mass is 413 g/mol. The number of benzene rings is 2. The summed E-state index contributed by atoms with van der Waals surface area (Å²) in [5, 5.41) is 12.1. The van der Waals surface area contributed by atoms with Crippen molar-refractivity contribution in [2.75, 3.05) is 30.9 Å². The van der Waals surface area contributed by atoms with E-state index in [-0.39, 0.29) is 5.57 Å². The second-order valence-electron chi connectivity index (χ2n) is 5.69. The Bertz CT molecular complexity index is 852. The van der Waals surface area contributed by atoms with Gasteiger partial charge in [-0.1, -0.05) is 6.07 Å². The molecule has 0 saturated carbocycles. The summed E-state index contributed by atoms with van der Waals surface area (Å²) >= 11 is 3.43. The van der Waals surface area contributed by atoms with E-state index in [4.69, 9.17) is 4.74 Å². The van der Waals surface area contributed by atoms with Gasteiger partial charge >= 0.3 is 0 Å². The topological polar surface area (TPSA) is 65.4 Å². The fourth-order valence-corrected chi connectivity index (χ4v) is 2.75. The molecule has 0 atom stereocenters. The van der Waals surface area contributed by atoms with Crippen LogP contribution in [-0.2, 0) is 4.79 Å². The van der Waals surface area contributed by atoms with E-state index in [0.717, 1.165) is 15.7 Å². The van der Waals surface area contributed by atoms with Gasteiger partial charge in [0.2, 0.25) is 0 Å². The van der Waals surface area contributed by atoms with E-state index >= 15 is 0 Å². The molecule has 2 aromatic carbocycles. The summed E-state index contributed by atoms with van der Waals surface area (Å²) in [5.74, 6) is 0.267. The third-order valence-electron chi connectivity index (χ3n) is 3.57. The highest BCUT2D eigenvalue weighted by Gasteiger charge is 2.10. The maximum atomic E-state index is 12.4. The molecule has 5 nitrogen and oxygen atoms in total. The van der Waals surface area contributed by atoms with Crippen LogP contribution in [0, 0.1) is 11.3 Å². The van der Waals surface area contributed by atoms with Gasteiger partial charge in [0.1, 0.15) is 17.4 Å². The predicted octanol–water partition coefficient (Wildman–Crippen LogP) is 4.46. The highest BCUT2D eigenvalue weighted by atomic mass is 79.9. The maximum Gasteiger partial charge on any atom is 0.266 e. The molecule has 1 amide bonds.